The van der Waals surface area contributed by atoms with Gasteiger partial charge in [-0.1, -0.05) is 11.6 Å². The molecule has 1 heterocycles. The highest BCUT2D eigenvalue weighted by Crippen LogP contribution is 2.35. The van der Waals surface area contributed by atoms with Crippen LogP contribution in [-0.4, -0.2) is 11.1 Å². The summed E-state index contributed by atoms with van der Waals surface area (Å²) in [4.78, 5) is 10.8. The summed E-state index contributed by atoms with van der Waals surface area (Å²) < 4.78 is 0.731. The molecule has 72 valence electrons. The first-order chi connectivity index (χ1) is 6.61. The summed E-state index contributed by atoms with van der Waals surface area (Å²) >= 11 is 7.20. The Morgan fingerprint density at radius 3 is 2.86 bits per heavy atom. The van der Waals surface area contributed by atoms with Crippen LogP contribution in [0.5, 0.6) is 0 Å². The zero-order chi connectivity index (χ0) is 10.3. The van der Waals surface area contributed by atoms with Gasteiger partial charge in [-0.25, -0.2) is 4.79 Å². The Kier molecular flexibility index (Phi) is 2.09. The lowest BCUT2D eigenvalue weighted by Gasteiger charge is -1.99. The number of carbonyl (C=O) groups is 1. The standard InChI is InChI=1S/C9H6ClNO2S/c10-5-1-2-6(11)8-7(5)4(3-14-8)9(12)13/h1-3H,11H2,(H,12,13). The molecular formula is C9H6ClNO2S. The molecule has 1 aromatic carbocycles. The monoisotopic (exact) mass is 227 g/mol. The first-order valence-electron chi connectivity index (χ1n) is 3.79. The number of benzene rings is 1. The number of nitrogen functional groups attached to an aromatic ring is 1. The Hall–Kier alpha value is -1.26. The van der Waals surface area contributed by atoms with Crippen LogP contribution in [0.25, 0.3) is 10.1 Å². The molecule has 0 aliphatic heterocycles. The SMILES string of the molecule is Nc1ccc(Cl)c2c(C(=O)O)csc12. The van der Waals surface area contributed by atoms with E-state index in [4.69, 9.17) is 22.4 Å². The fourth-order valence-corrected chi connectivity index (χ4v) is 2.60. The lowest BCUT2D eigenvalue weighted by atomic mass is 10.1. The number of carboxylic acid groups (broad SMARTS) is 1. The Morgan fingerprint density at radius 2 is 2.21 bits per heavy atom. The van der Waals surface area contributed by atoms with Gasteiger partial charge in [-0.15, -0.1) is 11.3 Å². The topological polar surface area (TPSA) is 63.3 Å². The van der Waals surface area contributed by atoms with Crippen LogP contribution in [-0.2, 0) is 0 Å². The Morgan fingerprint density at radius 1 is 1.50 bits per heavy atom. The first-order valence-corrected chi connectivity index (χ1v) is 5.05. The van der Waals surface area contributed by atoms with E-state index >= 15 is 0 Å². The van der Waals surface area contributed by atoms with Crippen LogP contribution in [0, 0.1) is 0 Å². The molecule has 0 amide bonds. The van der Waals surface area contributed by atoms with Crippen molar-refractivity contribution in [1.82, 2.24) is 0 Å². The van der Waals surface area contributed by atoms with Crippen molar-refractivity contribution in [3.63, 3.8) is 0 Å². The van der Waals surface area contributed by atoms with E-state index in [1.807, 2.05) is 0 Å². The van der Waals surface area contributed by atoms with Crippen LogP contribution in [0.2, 0.25) is 5.02 Å². The van der Waals surface area contributed by atoms with Crippen molar-refractivity contribution in [1.29, 1.82) is 0 Å². The first kappa shape index (κ1) is 9.30. The van der Waals surface area contributed by atoms with E-state index < -0.39 is 5.97 Å². The van der Waals surface area contributed by atoms with Crippen LogP contribution in [0.15, 0.2) is 17.5 Å². The molecule has 0 aliphatic carbocycles. The van der Waals surface area contributed by atoms with Crippen molar-refractivity contribution in [3.05, 3.63) is 28.1 Å². The summed E-state index contributed by atoms with van der Waals surface area (Å²) in [6, 6.07) is 3.28. The van der Waals surface area contributed by atoms with Crippen molar-refractivity contribution < 1.29 is 9.90 Å². The molecule has 0 bridgehead atoms. The van der Waals surface area contributed by atoms with Gasteiger partial charge in [-0.2, -0.15) is 0 Å². The van der Waals surface area contributed by atoms with Gasteiger partial charge < -0.3 is 10.8 Å². The smallest absolute Gasteiger partial charge is 0.337 e. The second-order valence-electron chi connectivity index (χ2n) is 2.80. The number of fused-ring (bicyclic) bond motifs is 1. The third-order valence-corrected chi connectivity index (χ3v) is 3.28. The van der Waals surface area contributed by atoms with Crippen LogP contribution in [0.1, 0.15) is 10.4 Å². The van der Waals surface area contributed by atoms with Crippen LogP contribution in [0.4, 0.5) is 5.69 Å². The minimum atomic E-state index is -0.983. The van der Waals surface area contributed by atoms with E-state index in [1.165, 1.54) is 11.3 Å². The Labute approximate surface area is 88.7 Å². The molecule has 0 spiro atoms. The normalized spacial score (nSPS) is 10.6. The minimum absolute atomic E-state index is 0.210. The quantitative estimate of drug-likeness (QED) is 0.737. The minimum Gasteiger partial charge on any atom is -0.478 e. The van der Waals surface area contributed by atoms with E-state index in [0.717, 1.165) is 4.70 Å². The molecule has 5 heteroatoms. The largest absolute Gasteiger partial charge is 0.478 e. The van der Waals surface area contributed by atoms with Gasteiger partial charge in [0.2, 0.25) is 0 Å². The van der Waals surface area contributed by atoms with E-state index in [9.17, 15) is 4.79 Å². The number of hydrogen-bond donors (Lipinski definition) is 2. The number of aromatic carboxylic acids is 1. The molecule has 1 aromatic heterocycles. The van der Waals surface area contributed by atoms with Gasteiger partial charge >= 0.3 is 5.97 Å². The second kappa shape index (κ2) is 3.15. The number of nitrogens with two attached hydrogens (primary N) is 1. The van der Waals surface area contributed by atoms with Crippen molar-refractivity contribution >= 4 is 44.7 Å². The van der Waals surface area contributed by atoms with Gasteiger partial charge in [0.1, 0.15) is 0 Å². The maximum atomic E-state index is 10.8. The molecule has 3 nitrogen and oxygen atoms in total. The van der Waals surface area contributed by atoms with Gasteiger partial charge in [0.25, 0.3) is 0 Å². The highest BCUT2D eigenvalue weighted by molar-refractivity contribution is 7.18. The molecule has 0 atom stereocenters. The molecule has 0 aliphatic rings. The number of anilines is 1. The molecule has 3 N–H and O–H groups in total. The van der Waals surface area contributed by atoms with Gasteiger partial charge in [0, 0.05) is 16.5 Å². The highest BCUT2D eigenvalue weighted by Gasteiger charge is 2.14. The lowest BCUT2D eigenvalue weighted by Crippen LogP contribution is -1.94. The number of carboxylic acids is 1. The molecular weight excluding hydrogens is 222 g/mol. The maximum Gasteiger partial charge on any atom is 0.337 e. The van der Waals surface area contributed by atoms with Crippen LogP contribution >= 0.6 is 22.9 Å². The Bertz CT molecular complexity index is 521. The number of thiophene rings is 1. The van der Waals surface area contributed by atoms with Crippen LogP contribution < -0.4 is 5.73 Å². The predicted octanol–water partition coefficient (Wildman–Crippen LogP) is 2.84. The zero-order valence-electron chi connectivity index (χ0n) is 6.95. The lowest BCUT2D eigenvalue weighted by molar-refractivity contribution is 0.0699. The van der Waals surface area contributed by atoms with Gasteiger partial charge in [-0.05, 0) is 12.1 Å². The van der Waals surface area contributed by atoms with E-state index in [-0.39, 0.29) is 5.56 Å². The van der Waals surface area contributed by atoms with Gasteiger partial charge in [0.05, 0.1) is 15.3 Å². The van der Waals surface area contributed by atoms with E-state index in [1.54, 1.807) is 17.5 Å². The van der Waals surface area contributed by atoms with E-state index in [0.29, 0.717) is 16.1 Å². The molecule has 14 heavy (non-hydrogen) atoms. The average Bonchev–Trinajstić information content (AvgIpc) is 2.56. The molecule has 2 rings (SSSR count). The van der Waals surface area contributed by atoms with E-state index in [2.05, 4.69) is 0 Å². The van der Waals surface area contributed by atoms with Gasteiger partial charge in [-0.3, -0.25) is 0 Å². The van der Waals surface area contributed by atoms with Crippen molar-refractivity contribution in [2.24, 2.45) is 0 Å². The summed E-state index contributed by atoms with van der Waals surface area (Å²) in [5, 5.41) is 11.4. The fraction of sp³-hybridized carbons (Fsp3) is 0. The Balaban J connectivity index is 2.90. The summed E-state index contributed by atoms with van der Waals surface area (Å²) in [5.74, 6) is -0.983. The van der Waals surface area contributed by atoms with Crippen molar-refractivity contribution in [2.75, 3.05) is 5.73 Å². The van der Waals surface area contributed by atoms with Gasteiger partial charge in [0.15, 0.2) is 0 Å². The highest BCUT2D eigenvalue weighted by atomic mass is 35.5. The van der Waals surface area contributed by atoms with Crippen molar-refractivity contribution in [2.45, 2.75) is 0 Å². The third-order valence-electron chi connectivity index (χ3n) is 1.93. The second-order valence-corrected chi connectivity index (χ2v) is 4.08. The molecule has 0 unspecified atom stereocenters. The zero-order valence-corrected chi connectivity index (χ0v) is 8.52. The summed E-state index contributed by atoms with van der Waals surface area (Å²) in [7, 11) is 0. The molecule has 0 saturated heterocycles. The van der Waals surface area contributed by atoms with Crippen molar-refractivity contribution in [3.8, 4) is 0 Å². The average molecular weight is 228 g/mol. The summed E-state index contributed by atoms with van der Waals surface area (Å²) in [5.41, 5.74) is 6.47. The number of hydrogen-bond acceptors (Lipinski definition) is 3. The predicted molar refractivity (Wildman–Crippen MR) is 58.2 cm³/mol. The summed E-state index contributed by atoms with van der Waals surface area (Å²) in [6.45, 7) is 0. The molecule has 0 radical (unpaired) electrons. The molecule has 0 saturated carbocycles. The maximum absolute atomic E-state index is 10.8. The number of halogens is 1. The molecule has 0 fully saturated rings. The summed E-state index contributed by atoms with van der Waals surface area (Å²) in [6.07, 6.45) is 0. The third kappa shape index (κ3) is 1.23. The van der Waals surface area contributed by atoms with Crippen LogP contribution in [0.3, 0.4) is 0 Å². The molecule has 2 aromatic rings. The fourth-order valence-electron chi connectivity index (χ4n) is 1.29. The number of rotatable bonds is 1.